The molecule has 2 heterocycles. The van der Waals surface area contributed by atoms with Crippen molar-refractivity contribution in [3.8, 4) is 12.3 Å². The van der Waals surface area contributed by atoms with Gasteiger partial charge in [-0.05, 0) is 0 Å². The Hall–Kier alpha value is -2.30. The maximum Gasteiger partial charge on any atom is 0.351 e. The third kappa shape index (κ3) is 1.95. The van der Waals surface area contributed by atoms with E-state index in [4.69, 9.17) is 22.0 Å². The highest BCUT2D eigenvalue weighted by atomic mass is 16.5. The number of aliphatic hydroxyl groups is 2. The summed E-state index contributed by atoms with van der Waals surface area (Å²) >= 11 is 0. The molecule has 1 aliphatic heterocycles. The molecule has 4 N–H and O–H groups in total. The van der Waals surface area contributed by atoms with Gasteiger partial charge in [-0.15, -0.1) is 6.42 Å². The maximum absolute atomic E-state index is 11.6. The van der Waals surface area contributed by atoms with E-state index in [1.54, 1.807) is 0 Å². The topological polar surface area (TPSA) is 111 Å². The Balaban J connectivity index is 2.43. The normalized spacial score (nSPS) is 22.6. The van der Waals surface area contributed by atoms with Crippen LogP contribution in [0, 0.1) is 12.3 Å². The first-order valence-electron chi connectivity index (χ1n) is 5.09. The average molecular weight is 249 g/mol. The van der Waals surface area contributed by atoms with Gasteiger partial charge in [-0.25, -0.2) is 4.79 Å². The fourth-order valence-corrected chi connectivity index (χ4v) is 1.59. The van der Waals surface area contributed by atoms with Gasteiger partial charge >= 0.3 is 5.69 Å². The van der Waals surface area contributed by atoms with Gasteiger partial charge in [0.05, 0.1) is 12.2 Å². The zero-order valence-corrected chi connectivity index (χ0v) is 9.28. The summed E-state index contributed by atoms with van der Waals surface area (Å²) in [5, 5.41) is 18.4. The van der Waals surface area contributed by atoms with Crippen LogP contribution in [0.1, 0.15) is 11.8 Å². The van der Waals surface area contributed by atoms with E-state index >= 15 is 0 Å². The molecule has 0 spiro atoms. The van der Waals surface area contributed by atoms with E-state index in [-0.39, 0.29) is 17.1 Å². The highest BCUT2D eigenvalue weighted by molar-refractivity contribution is 5.47. The molecule has 94 valence electrons. The van der Waals surface area contributed by atoms with Gasteiger partial charge in [0.2, 0.25) is 0 Å². The molecule has 1 aromatic rings. The van der Waals surface area contributed by atoms with Crippen molar-refractivity contribution in [1.82, 2.24) is 9.55 Å². The van der Waals surface area contributed by atoms with Gasteiger partial charge in [0, 0.05) is 12.3 Å². The molecule has 2 atom stereocenters. The van der Waals surface area contributed by atoms with E-state index < -0.39 is 24.6 Å². The first-order valence-corrected chi connectivity index (χ1v) is 5.09. The number of anilines is 1. The van der Waals surface area contributed by atoms with Crippen LogP contribution in [0.2, 0.25) is 0 Å². The number of hydrogen-bond acceptors (Lipinski definition) is 6. The number of aliphatic hydroxyl groups excluding tert-OH is 2. The van der Waals surface area contributed by atoms with Crippen molar-refractivity contribution < 1.29 is 14.9 Å². The summed E-state index contributed by atoms with van der Waals surface area (Å²) in [6.07, 6.45) is 6.11. The predicted molar refractivity (Wildman–Crippen MR) is 62.6 cm³/mol. The Labute approximate surface area is 102 Å². The van der Waals surface area contributed by atoms with Crippen molar-refractivity contribution >= 4 is 5.82 Å². The molecule has 0 saturated heterocycles. The lowest BCUT2D eigenvalue weighted by molar-refractivity contribution is -0.0249. The Morgan fingerprint density at radius 2 is 2.39 bits per heavy atom. The number of nitrogens with two attached hydrogens (primary N) is 1. The van der Waals surface area contributed by atoms with Gasteiger partial charge in [-0.2, -0.15) is 4.98 Å². The first-order chi connectivity index (χ1) is 8.56. The van der Waals surface area contributed by atoms with E-state index in [1.165, 1.54) is 12.3 Å². The zero-order chi connectivity index (χ0) is 13.3. The van der Waals surface area contributed by atoms with E-state index in [1.807, 2.05) is 0 Å². The number of nitrogen functional groups attached to an aromatic ring is 1. The lowest BCUT2D eigenvalue weighted by Crippen LogP contribution is -2.29. The molecule has 1 aromatic heterocycles. The summed E-state index contributed by atoms with van der Waals surface area (Å²) in [5.74, 6) is 2.10. The SMILES string of the molecule is C#Cc1cn(C2C=C(O)[C@@H](CO)O2)c(=O)nc1N. The minimum atomic E-state index is -0.866. The van der Waals surface area contributed by atoms with Crippen LogP contribution in [0.5, 0.6) is 0 Å². The molecule has 0 aromatic carbocycles. The number of hydrogen-bond donors (Lipinski definition) is 3. The molecule has 7 nitrogen and oxygen atoms in total. The monoisotopic (exact) mass is 249 g/mol. The second-order valence-electron chi connectivity index (χ2n) is 3.66. The quantitative estimate of drug-likeness (QED) is 0.588. The van der Waals surface area contributed by atoms with Crippen LogP contribution >= 0.6 is 0 Å². The summed E-state index contributed by atoms with van der Waals surface area (Å²) in [4.78, 5) is 15.2. The number of aromatic nitrogens is 2. The van der Waals surface area contributed by atoms with Crippen LogP contribution in [0.15, 0.2) is 22.8 Å². The van der Waals surface area contributed by atoms with E-state index in [0.29, 0.717) is 0 Å². The summed E-state index contributed by atoms with van der Waals surface area (Å²) in [6, 6.07) is 0. The van der Waals surface area contributed by atoms with Gasteiger partial charge in [0.25, 0.3) is 0 Å². The molecular weight excluding hydrogens is 238 g/mol. The standard InChI is InChI=1S/C11H11N3O4/c1-2-6-4-14(11(17)13-10(6)12)9-3-7(16)8(5-15)18-9/h1,3-4,8-9,15-16H,5H2,(H2,12,13,17)/t8-,9?/m1/s1. The predicted octanol–water partition coefficient (Wildman–Crippen LogP) is -0.862. The van der Waals surface area contributed by atoms with E-state index in [0.717, 1.165) is 4.57 Å². The molecule has 2 rings (SSSR count). The molecular formula is C11H11N3O4. The van der Waals surface area contributed by atoms with Crippen LogP contribution in [0.3, 0.4) is 0 Å². The van der Waals surface area contributed by atoms with Crippen LogP contribution in [0.25, 0.3) is 0 Å². The minimum Gasteiger partial charge on any atom is -0.510 e. The third-order valence-corrected chi connectivity index (χ3v) is 2.52. The summed E-state index contributed by atoms with van der Waals surface area (Å²) in [6.45, 7) is -0.391. The molecule has 0 radical (unpaired) electrons. The Bertz CT molecular complexity index is 599. The second-order valence-corrected chi connectivity index (χ2v) is 3.66. The molecule has 1 aliphatic rings. The van der Waals surface area contributed by atoms with Crippen LogP contribution < -0.4 is 11.4 Å². The number of nitrogens with zero attached hydrogens (tertiary/aromatic N) is 2. The maximum atomic E-state index is 11.6. The third-order valence-electron chi connectivity index (χ3n) is 2.52. The lowest BCUT2D eigenvalue weighted by atomic mass is 10.3. The van der Waals surface area contributed by atoms with Crippen LogP contribution in [-0.2, 0) is 4.74 Å². The van der Waals surface area contributed by atoms with Crippen molar-refractivity contribution in [3.63, 3.8) is 0 Å². The van der Waals surface area contributed by atoms with Gasteiger partial charge in [0.15, 0.2) is 6.23 Å². The van der Waals surface area contributed by atoms with Crippen molar-refractivity contribution in [2.45, 2.75) is 12.3 Å². The highest BCUT2D eigenvalue weighted by Crippen LogP contribution is 2.24. The Kier molecular flexibility index (Phi) is 3.06. The molecule has 0 bridgehead atoms. The summed E-state index contributed by atoms with van der Waals surface area (Å²) in [7, 11) is 0. The van der Waals surface area contributed by atoms with Crippen molar-refractivity contribution in [3.05, 3.63) is 34.1 Å². The van der Waals surface area contributed by atoms with Crippen molar-refractivity contribution in [1.29, 1.82) is 0 Å². The molecule has 0 fully saturated rings. The van der Waals surface area contributed by atoms with Gasteiger partial charge in [0.1, 0.15) is 17.7 Å². The van der Waals surface area contributed by atoms with E-state index in [2.05, 4.69) is 10.9 Å². The minimum absolute atomic E-state index is 0.0383. The zero-order valence-electron chi connectivity index (χ0n) is 9.28. The smallest absolute Gasteiger partial charge is 0.351 e. The first kappa shape index (κ1) is 12.2. The van der Waals surface area contributed by atoms with Crippen LogP contribution in [-0.4, -0.2) is 32.5 Å². The number of terminal acetylenes is 1. The molecule has 0 aliphatic carbocycles. The Morgan fingerprint density at radius 3 is 2.94 bits per heavy atom. The van der Waals surface area contributed by atoms with E-state index in [9.17, 15) is 9.90 Å². The largest absolute Gasteiger partial charge is 0.510 e. The number of ether oxygens (including phenoxy) is 1. The highest BCUT2D eigenvalue weighted by Gasteiger charge is 2.28. The Morgan fingerprint density at radius 1 is 1.67 bits per heavy atom. The van der Waals surface area contributed by atoms with Crippen molar-refractivity contribution in [2.24, 2.45) is 0 Å². The lowest BCUT2D eigenvalue weighted by Gasteiger charge is -2.15. The molecule has 1 unspecified atom stereocenters. The molecule has 0 saturated carbocycles. The van der Waals surface area contributed by atoms with Crippen molar-refractivity contribution in [2.75, 3.05) is 12.3 Å². The number of rotatable bonds is 2. The van der Waals surface area contributed by atoms with Gasteiger partial charge in [-0.3, -0.25) is 4.57 Å². The molecule has 18 heavy (non-hydrogen) atoms. The fourth-order valence-electron chi connectivity index (χ4n) is 1.59. The average Bonchev–Trinajstić information content (AvgIpc) is 2.70. The van der Waals surface area contributed by atoms with Gasteiger partial charge in [-0.1, -0.05) is 5.92 Å². The van der Waals surface area contributed by atoms with Crippen LogP contribution in [0.4, 0.5) is 5.82 Å². The summed E-state index contributed by atoms with van der Waals surface area (Å²) < 4.78 is 6.34. The molecule has 7 heteroatoms. The van der Waals surface area contributed by atoms with Gasteiger partial charge < -0.3 is 20.7 Å². The fraction of sp³-hybridized carbons (Fsp3) is 0.273. The molecule has 0 amide bonds. The second kappa shape index (κ2) is 4.52. The summed E-state index contributed by atoms with van der Waals surface area (Å²) in [5.41, 5.74) is 5.06.